The van der Waals surface area contributed by atoms with Crippen molar-refractivity contribution in [2.75, 3.05) is 5.01 Å². The van der Waals surface area contributed by atoms with Crippen LogP contribution in [-0.2, 0) is 4.79 Å². The number of anilines is 1. The molecule has 2 aromatic rings. The number of carbonyl (C=O) groups is 1. The highest BCUT2D eigenvalue weighted by molar-refractivity contribution is 6.03. The molecule has 0 aromatic heterocycles. The number of carbonyl (C=O) groups excluding carboxylic acids is 1. The van der Waals surface area contributed by atoms with Crippen molar-refractivity contribution in [1.82, 2.24) is 5.01 Å². The van der Waals surface area contributed by atoms with Crippen molar-refractivity contribution >= 4 is 22.4 Å². The Morgan fingerprint density at radius 2 is 1.64 bits per heavy atom. The zero-order valence-electron chi connectivity index (χ0n) is 16.6. The molecular formula is C24H28N2O2. The zero-order valence-corrected chi connectivity index (χ0v) is 16.6. The molecular weight excluding hydrogens is 348 g/mol. The Hall–Kier alpha value is -2.07. The zero-order chi connectivity index (χ0) is 19.3. The van der Waals surface area contributed by atoms with Crippen LogP contribution in [0.5, 0.6) is 0 Å². The number of hydrogen-bond acceptors (Lipinski definition) is 3. The Labute approximate surface area is 166 Å². The van der Waals surface area contributed by atoms with Crippen LogP contribution >= 0.6 is 0 Å². The largest absolute Gasteiger partial charge is 0.390 e. The van der Waals surface area contributed by atoms with E-state index in [9.17, 15) is 9.90 Å². The molecule has 4 bridgehead atoms. The molecule has 4 heteroatoms. The van der Waals surface area contributed by atoms with E-state index in [1.165, 1.54) is 10.8 Å². The normalized spacial score (nSPS) is 38.2. The number of fused-ring (bicyclic) bond motifs is 1. The van der Waals surface area contributed by atoms with Gasteiger partial charge >= 0.3 is 0 Å². The second-order valence-electron chi connectivity index (χ2n) is 10.2. The van der Waals surface area contributed by atoms with E-state index < -0.39 is 11.1 Å². The van der Waals surface area contributed by atoms with E-state index in [4.69, 9.17) is 0 Å². The number of rotatable bonds is 2. The Morgan fingerprint density at radius 1 is 0.964 bits per heavy atom. The molecule has 1 aliphatic heterocycles. The van der Waals surface area contributed by atoms with Crippen LogP contribution < -0.4 is 5.01 Å². The standard InChI is InChI=1S/C24H28N2O2/c1-23(2)22(27)25(21-17-10-15-11-18(21)14-24(28,12-15)13-17)26(23)20-9-5-7-16-6-3-4-8-19(16)20/h3-9,15,17-18,21,28H,10-14H2,1-2H3/t15?,17-,18-,21?,24?/m0/s1. The molecule has 5 fully saturated rings. The highest BCUT2D eigenvalue weighted by atomic mass is 16.3. The van der Waals surface area contributed by atoms with Crippen molar-refractivity contribution in [2.24, 2.45) is 17.8 Å². The van der Waals surface area contributed by atoms with E-state index >= 15 is 0 Å². The third-order valence-corrected chi connectivity index (χ3v) is 7.94. The highest BCUT2D eigenvalue weighted by Crippen LogP contribution is 2.59. The molecule has 4 saturated carbocycles. The topological polar surface area (TPSA) is 43.8 Å². The summed E-state index contributed by atoms with van der Waals surface area (Å²) in [5.74, 6) is 1.72. The van der Waals surface area contributed by atoms with Gasteiger partial charge < -0.3 is 5.11 Å². The lowest BCUT2D eigenvalue weighted by atomic mass is 9.52. The van der Waals surface area contributed by atoms with E-state index in [0.29, 0.717) is 17.8 Å². The number of hydrogen-bond donors (Lipinski definition) is 1. The molecule has 4 aliphatic carbocycles. The van der Waals surface area contributed by atoms with Gasteiger partial charge in [0.2, 0.25) is 0 Å². The minimum atomic E-state index is -0.532. The number of hydrazine groups is 1. The Morgan fingerprint density at radius 3 is 2.36 bits per heavy atom. The lowest BCUT2D eigenvalue weighted by Gasteiger charge is -2.67. The van der Waals surface area contributed by atoms with Crippen LogP contribution in [-0.4, -0.2) is 33.2 Å². The molecule has 0 unspecified atom stereocenters. The minimum absolute atomic E-state index is 0.227. The Balaban J connectivity index is 1.44. The first-order valence-corrected chi connectivity index (χ1v) is 10.7. The Bertz CT molecular complexity index is 962. The molecule has 5 aliphatic rings. The summed E-state index contributed by atoms with van der Waals surface area (Å²) in [4.78, 5) is 13.3. The fourth-order valence-corrected chi connectivity index (χ4v) is 7.12. The van der Waals surface area contributed by atoms with Gasteiger partial charge in [0.1, 0.15) is 5.54 Å². The minimum Gasteiger partial charge on any atom is -0.390 e. The second kappa shape index (κ2) is 5.29. The quantitative estimate of drug-likeness (QED) is 0.857. The lowest BCUT2D eigenvalue weighted by Crippen LogP contribution is -2.81. The molecule has 0 spiro atoms. The summed E-state index contributed by atoms with van der Waals surface area (Å²) in [5.41, 5.74) is 0.117. The highest BCUT2D eigenvalue weighted by Gasteiger charge is 2.63. The van der Waals surface area contributed by atoms with Crippen molar-refractivity contribution in [3.05, 3.63) is 42.5 Å². The molecule has 146 valence electrons. The van der Waals surface area contributed by atoms with Crippen molar-refractivity contribution < 1.29 is 9.90 Å². The molecule has 1 heterocycles. The molecule has 2 aromatic carbocycles. The van der Waals surface area contributed by atoms with Crippen LogP contribution in [0, 0.1) is 17.8 Å². The smallest absolute Gasteiger partial charge is 0.268 e. The fraction of sp³-hybridized carbons (Fsp3) is 0.542. The first-order valence-electron chi connectivity index (χ1n) is 10.7. The summed E-state index contributed by atoms with van der Waals surface area (Å²) in [7, 11) is 0. The summed E-state index contributed by atoms with van der Waals surface area (Å²) >= 11 is 0. The van der Waals surface area contributed by atoms with Crippen molar-refractivity contribution in [3.63, 3.8) is 0 Å². The van der Waals surface area contributed by atoms with Gasteiger partial charge in [0, 0.05) is 5.39 Å². The van der Waals surface area contributed by atoms with Gasteiger partial charge in [-0.2, -0.15) is 0 Å². The molecule has 1 N–H and O–H groups in total. The number of aliphatic hydroxyl groups is 1. The van der Waals surface area contributed by atoms with Crippen LogP contribution in [0.2, 0.25) is 0 Å². The van der Waals surface area contributed by atoms with Gasteiger partial charge in [0.25, 0.3) is 5.91 Å². The van der Waals surface area contributed by atoms with Gasteiger partial charge in [-0.05, 0) is 75.2 Å². The van der Waals surface area contributed by atoms with Crippen LogP contribution in [0.4, 0.5) is 5.69 Å². The molecule has 4 nitrogen and oxygen atoms in total. The number of amides is 1. The number of benzene rings is 2. The van der Waals surface area contributed by atoms with E-state index in [1.54, 1.807) is 0 Å². The van der Waals surface area contributed by atoms with Gasteiger partial charge in [0.05, 0.1) is 17.3 Å². The third kappa shape index (κ3) is 2.07. The second-order valence-corrected chi connectivity index (χ2v) is 10.2. The van der Waals surface area contributed by atoms with Crippen LogP contribution in [0.15, 0.2) is 42.5 Å². The predicted octanol–water partition coefficient (Wildman–Crippen LogP) is 4.12. The average molecular weight is 377 g/mol. The maximum Gasteiger partial charge on any atom is 0.268 e. The van der Waals surface area contributed by atoms with Gasteiger partial charge in [-0.25, -0.2) is 5.01 Å². The SMILES string of the molecule is CC1(C)C(=O)N(C2[C@H]3CC4C[C@H]2CC(O)(C4)C3)N1c1cccc2ccccc12. The monoisotopic (exact) mass is 376 g/mol. The molecule has 0 radical (unpaired) electrons. The Kier molecular flexibility index (Phi) is 3.18. The van der Waals surface area contributed by atoms with Crippen molar-refractivity contribution in [1.29, 1.82) is 0 Å². The number of nitrogens with zero attached hydrogens (tertiary/aromatic N) is 2. The van der Waals surface area contributed by atoms with Gasteiger partial charge in [-0.1, -0.05) is 36.4 Å². The molecule has 1 amide bonds. The van der Waals surface area contributed by atoms with Crippen LogP contribution in [0.1, 0.15) is 46.0 Å². The summed E-state index contributed by atoms with van der Waals surface area (Å²) in [6.45, 7) is 4.08. The predicted molar refractivity (Wildman–Crippen MR) is 110 cm³/mol. The lowest BCUT2D eigenvalue weighted by molar-refractivity contribution is -0.190. The average Bonchev–Trinajstić information content (AvgIpc) is 2.65. The van der Waals surface area contributed by atoms with Crippen molar-refractivity contribution in [3.8, 4) is 0 Å². The summed E-state index contributed by atoms with van der Waals surface area (Å²) in [6.07, 6.45) is 5.02. The fourth-order valence-electron chi connectivity index (χ4n) is 7.12. The molecule has 7 rings (SSSR count). The molecule has 28 heavy (non-hydrogen) atoms. The van der Waals surface area contributed by atoms with E-state index in [2.05, 4.69) is 52.5 Å². The third-order valence-electron chi connectivity index (χ3n) is 7.94. The maximum atomic E-state index is 13.3. The molecule has 2 atom stereocenters. The first kappa shape index (κ1) is 16.8. The van der Waals surface area contributed by atoms with Crippen LogP contribution in [0.3, 0.4) is 0 Å². The first-order chi connectivity index (χ1) is 13.4. The van der Waals surface area contributed by atoms with Crippen molar-refractivity contribution in [2.45, 2.75) is 63.1 Å². The van der Waals surface area contributed by atoms with E-state index in [1.807, 2.05) is 13.8 Å². The summed E-state index contributed by atoms with van der Waals surface area (Å²) < 4.78 is 0. The summed E-state index contributed by atoms with van der Waals surface area (Å²) in [5, 5.41) is 17.7. The van der Waals surface area contributed by atoms with Gasteiger partial charge in [-0.3, -0.25) is 9.80 Å². The van der Waals surface area contributed by atoms with E-state index in [-0.39, 0.29) is 11.9 Å². The van der Waals surface area contributed by atoms with Gasteiger partial charge in [0.15, 0.2) is 0 Å². The van der Waals surface area contributed by atoms with Gasteiger partial charge in [-0.15, -0.1) is 0 Å². The maximum absolute atomic E-state index is 13.3. The summed E-state index contributed by atoms with van der Waals surface area (Å²) in [6, 6.07) is 15.0. The van der Waals surface area contributed by atoms with E-state index in [0.717, 1.165) is 37.8 Å². The molecule has 1 saturated heterocycles. The van der Waals surface area contributed by atoms with Crippen LogP contribution in [0.25, 0.3) is 10.8 Å².